The molecule has 0 fully saturated rings. The third-order valence-corrected chi connectivity index (χ3v) is 2.95. The van der Waals surface area contributed by atoms with Crippen molar-refractivity contribution in [1.29, 1.82) is 0 Å². The first kappa shape index (κ1) is 14.2. The molecule has 102 valence electrons. The number of carbonyl (C=O) groups excluding carboxylic acids is 1. The Labute approximate surface area is 122 Å². The van der Waals surface area contributed by atoms with E-state index in [0.29, 0.717) is 17.1 Å². The van der Waals surface area contributed by atoms with Crippen LogP contribution in [0.4, 0.5) is 0 Å². The van der Waals surface area contributed by atoms with E-state index in [1.54, 1.807) is 36.5 Å². The van der Waals surface area contributed by atoms with Crippen molar-refractivity contribution in [2.75, 3.05) is 0 Å². The Kier molecular flexibility index (Phi) is 4.85. The van der Waals surface area contributed by atoms with E-state index in [1.165, 1.54) is 0 Å². The number of rotatable bonds is 4. The van der Waals surface area contributed by atoms with Crippen molar-refractivity contribution in [1.82, 2.24) is 10.4 Å². The zero-order valence-electron chi connectivity index (χ0n) is 11.0. The van der Waals surface area contributed by atoms with Gasteiger partial charge in [-0.25, -0.2) is 5.43 Å². The third kappa shape index (κ3) is 3.65. The van der Waals surface area contributed by atoms with Crippen LogP contribution in [0.1, 0.15) is 29.4 Å². The van der Waals surface area contributed by atoms with Gasteiger partial charge in [-0.15, -0.1) is 0 Å². The van der Waals surface area contributed by atoms with Gasteiger partial charge in [0.2, 0.25) is 0 Å². The zero-order chi connectivity index (χ0) is 14.4. The molecule has 0 saturated carbocycles. The summed E-state index contributed by atoms with van der Waals surface area (Å²) in [6.45, 7) is 1.97. The van der Waals surface area contributed by atoms with Crippen molar-refractivity contribution in [3.8, 4) is 0 Å². The molecule has 0 aliphatic carbocycles. The molecule has 0 bridgehead atoms. The number of hydrazone groups is 1. The molecular formula is C15H14ClN3O. The lowest BCUT2D eigenvalue weighted by atomic mass is 10.1. The van der Waals surface area contributed by atoms with E-state index < -0.39 is 0 Å². The van der Waals surface area contributed by atoms with E-state index in [1.807, 2.05) is 19.1 Å². The Hall–Kier alpha value is -2.20. The van der Waals surface area contributed by atoms with Crippen LogP contribution in [0.15, 0.2) is 53.8 Å². The number of aromatic nitrogens is 1. The molecule has 0 unspecified atom stereocenters. The Morgan fingerprint density at radius 3 is 2.60 bits per heavy atom. The van der Waals surface area contributed by atoms with Crippen molar-refractivity contribution in [2.45, 2.75) is 13.3 Å². The fourth-order valence-corrected chi connectivity index (χ4v) is 1.79. The lowest BCUT2D eigenvalue weighted by Crippen LogP contribution is -2.20. The average Bonchev–Trinajstić information content (AvgIpc) is 2.50. The summed E-state index contributed by atoms with van der Waals surface area (Å²) in [7, 11) is 0. The van der Waals surface area contributed by atoms with Crippen LogP contribution in [0.5, 0.6) is 0 Å². The molecule has 1 N–H and O–H groups in total. The van der Waals surface area contributed by atoms with E-state index in [4.69, 9.17) is 11.6 Å². The van der Waals surface area contributed by atoms with E-state index in [-0.39, 0.29) is 5.91 Å². The van der Waals surface area contributed by atoms with Crippen molar-refractivity contribution in [3.63, 3.8) is 0 Å². The van der Waals surface area contributed by atoms with Gasteiger partial charge in [0.25, 0.3) is 5.91 Å². The predicted molar refractivity (Wildman–Crippen MR) is 80.0 cm³/mol. The van der Waals surface area contributed by atoms with Gasteiger partial charge in [-0.2, -0.15) is 5.10 Å². The number of nitrogens with zero attached hydrogens (tertiary/aromatic N) is 2. The van der Waals surface area contributed by atoms with Gasteiger partial charge in [0, 0.05) is 11.2 Å². The van der Waals surface area contributed by atoms with Crippen LogP contribution in [0.25, 0.3) is 0 Å². The molecule has 1 aromatic carbocycles. The van der Waals surface area contributed by atoms with Gasteiger partial charge in [-0.3, -0.25) is 9.78 Å². The van der Waals surface area contributed by atoms with E-state index >= 15 is 0 Å². The molecule has 0 aliphatic rings. The molecule has 4 nitrogen and oxygen atoms in total. The highest BCUT2D eigenvalue weighted by Crippen LogP contribution is 2.11. The predicted octanol–water partition coefficient (Wildman–Crippen LogP) is 3.28. The van der Waals surface area contributed by atoms with Crippen molar-refractivity contribution in [2.24, 2.45) is 5.10 Å². The van der Waals surface area contributed by atoms with Gasteiger partial charge in [0.15, 0.2) is 0 Å². The molecule has 0 atom stereocenters. The molecule has 5 heteroatoms. The fraction of sp³-hybridized carbons (Fsp3) is 0.133. The minimum absolute atomic E-state index is 0.328. The van der Waals surface area contributed by atoms with Gasteiger partial charge >= 0.3 is 0 Å². The Morgan fingerprint density at radius 2 is 2.00 bits per heavy atom. The maximum Gasteiger partial charge on any atom is 0.289 e. The standard InChI is InChI=1S/C15H14ClN3O/c1-2-13(11-6-8-12(16)9-7-11)18-19-15(20)14-5-3-4-10-17-14/h3-10H,2H2,1H3,(H,19,20)/b18-13+. The van der Waals surface area contributed by atoms with Crippen LogP contribution in [0.2, 0.25) is 5.02 Å². The topological polar surface area (TPSA) is 54.4 Å². The first-order valence-electron chi connectivity index (χ1n) is 6.24. The molecule has 1 heterocycles. The number of benzene rings is 1. The maximum atomic E-state index is 11.8. The summed E-state index contributed by atoms with van der Waals surface area (Å²) in [6.07, 6.45) is 2.27. The highest BCUT2D eigenvalue weighted by Gasteiger charge is 2.06. The number of amides is 1. The summed E-state index contributed by atoms with van der Waals surface area (Å²) in [5.74, 6) is -0.328. The first-order chi connectivity index (χ1) is 9.70. The summed E-state index contributed by atoms with van der Waals surface area (Å²) in [4.78, 5) is 15.8. The monoisotopic (exact) mass is 287 g/mol. The van der Waals surface area contributed by atoms with E-state index in [9.17, 15) is 4.79 Å². The molecule has 2 rings (SSSR count). The van der Waals surface area contributed by atoms with Crippen LogP contribution >= 0.6 is 11.6 Å². The molecule has 0 saturated heterocycles. The van der Waals surface area contributed by atoms with Crippen LogP contribution in [-0.2, 0) is 0 Å². The van der Waals surface area contributed by atoms with Crippen LogP contribution in [0.3, 0.4) is 0 Å². The van der Waals surface area contributed by atoms with Crippen LogP contribution < -0.4 is 5.43 Å². The lowest BCUT2D eigenvalue weighted by molar-refractivity contribution is 0.0950. The largest absolute Gasteiger partial charge is 0.289 e. The van der Waals surface area contributed by atoms with Gasteiger partial charge in [-0.05, 0) is 36.2 Å². The van der Waals surface area contributed by atoms with Gasteiger partial charge < -0.3 is 0 Å². The quantitative estimate of drug-likeness (QED) is 0.693. The summed E-state index contributed by atoms with van der Waals surface area (Å²) >= 11 is 5.85. The number of hydrogen-bond donors (Lipinski definition) is 1. The Bertz CT molecular complexity index is 609. The average molecular weight is 288 g/mol. The first-order valence-corrected chi connectivity index (χ1v) is 6.62. The molecule has 2 aromatic rings. The van der Waals surface area contributed by atoms with Gasteiger partial charge in [0.05, 0.1) is 5.71 Å². The molecule has 1 amide bonds. The Morgan fingerprint density at radius 1 is 1.25 bits per heavy atom. The molecular weight excluding hydrogens is 274 g/mol. The second-order valence-electron chi connectivity index (χ2n) is 4.07. The van der Waals surface area contributed by atoms with Crippen molar-refractivity contribution >= 4 is 23.2 Å². The van der Waals surface area contributed by atoms with Crippen LogP contribution in [0, 0.1) is 0 Å². The molecule has 20 heavy (non-hydrogen) atoms. The molecule has 0 spiro atoms. The van der Waals surface area contributed by atoms with Gasteiger partial charge in [0.1, 0.15) is 5.69 Å². The minimum Gasteiger partial charge on any atom is -0.266 e. The maximum absolute atomic E-state index is 11.8. The van der Waals surface area contributed by atoms with Crippen molar-refractivity contribution < 1.29 is 4.79 Å². The highest BCUT2D eigenvalue weighted by atomic mass is 35.5. The van der Waals surface area contributed by atoms with Crippen LogP contribution in [-0.4, -0.2) is 16.6 Å². The number of halogens is 1. The van der Waals surface area contributed by atoms with Gasteiger partial charge in [-0.1, -0.05) is 36.7 Å². The van der Waals surface area contributed by atoms with E-state index in [2.05, 4.69) is 15.5 Å². The molecule has 0 radical (unpaired) electrons. The second-order valence-corrected chi connectivity index (χ2v) is 4.51. The zero-order valence-corrected chi connectivity index (χ0v) is 11.8. The fourth-order valence-electron chi connectivity index (χ4n) is 1.66. The SMILES string of the molecule is CC/C(=N\NC(=O)c1ccccn1)c1ccc(Cl)cc1. The summed E-state index contributed by atoms with van der Waals surface area (Å²) < 4.78 is 0. The highest BCUT2D eigenvalue weighted by molar-refractivity contribution is 6.30. The number of carbonyl (C=O) groups is 1. The second kappa shape index (κ2) is 6.82. The molecule has 0 aliphatic heterocycles. The summed E-state index contributed by atoms with van der Waals surface area (Å²) in [5.41, 5.74) is 4.56. The van der Waals surface area contributed by atoms with Crippen molar-refractivity contribution in [3.05, 3.63) is 64.9 Å². The smallest absolute Gasteiger partial charge is 0.266 e. The normalized spacial score (nSPS) is 11.2. The lowest BCUT2D eigenvalue weighted by Gasteiger charge is -2.05. The molecule has 1 aromatic heterocycles. The Balaban J connectivity index is 2.12. The number of hydrogen-bond acceptors (Lipinski definition) is 3. The third-order valence-electron chi connectivity index (χ3n) is 2.70. The minimum atomic E-state index is -0.328. The summed E-state index contributed by atoms with van der Waals surface area (Å²) in [5, 5.41) is 4.82. The summed E-state index contributed by atoms with van der Waals surface area (Å²) in [6, 6.07) is 12.5. The number of pyridine rings is 1. The number of nitrogens with one attached hydrogen (secondary N) is 1. The van der Waals surface area contributed by atoms with E-state index in [0.717, 1.165) is 11.3 Å².